The fraction of sp³-hybridized carbons (Fsp3) is 0.385. The maximum atomic E-state index is 6.34. The van der Waals surface area contributed by atoms with Crippen LogP contribution in [0.5, 0.6) is 11.5 Å². The minimum absolute atomic E-state index is 0.140. The number of fused-ring (bicyclic) bond motifs is 2. The van der Waals surface area contributed by atoms with Gasteiger partial charge in [-0.15, -0.1) is 5.92 Å². The zero-order valence-electron chi connectivity index (χ0n) is 17.5. The van der Waals surface area contributed by atoms with Gasteiger partial charge in [-0.05, 0) is 43.7 Å². The Kier molecular flexibility index (Phi) is 5.81. The maximum Gasteiger partial charge on any atom is 0.158 e. The van der Waals surface area contributed by atoms with E-state index in [0.29, 0.717) is 0 Å². The van der Waals surface area contributed by atoms with Crippen molar-refractivity contribution in [2.75, 3.05) is 7.11 Å². The van der Waals surface area contributed by atoms with Gasteiger partial charge in [-0.2, -0.15) is 0 Å². The molecule has 3 heteroatoms. The average molecular weight is 389 g/mol. The second kappa shape index (κ2) is 8.66. The molecule has 0 saturated heterocycles. The molecule has 0 amide bonds. The molecule has 1 aliphatic heterocycles. The second-order valence-corrected chi connectivity index (χ2v) is 7.77. The standard InChI is InChI=1S/C26H28O3/c1-4-5-6-7-8-9-19-16-25(29-24-12-10-18(2)14-22(19)24)26-17-20-15-21(27-3)11-13-23(20)28-26/h10-15,17,19,25H,4-7,16H2,1-3H3/t19-,25-/m0/s1. The number of furan rings is 1. The van der Waals surface area contributed by atoms with Crippen LogP contribution in [0.4, 0.5) is 0 Å². The molecule has 0 aliphatic carbocycles. The largest absolute Gasteiger partial charge is 0.497 e. The summed E-state index contributed by atoms with van der Waals surface area (Å²) in [5, 5.41) is 1.03. The predicted octanol–water partition coefficient (Wildman–Crippen LogP) is 6.94. The van der Waals surface area contributed by atoms with E-state index in [-0.39, 0.29) is 12.0 Å². The first kappa shape index (κ1) is 19.5. The monoisotopic (exact) mass is 388 g/mol. The van der Waals surface area contributed by atoms with Crippen LogP contribution in [0.1, 0.15) is 67.9 Å². The third-order valence-corrected chi connectivity index (χ3v) is 5.50. The van der Waals surface area contributed by atoms with Gasteiger partial charge in [0, 0.05) is 23.8 Å². The molecule has 150 valence electrons. The van der Waals surface area contributed by atoms with E-state index in [0.717, 1.165) is 41.1 Å². The highest BCUT2D eigenvalue weighted by Crippen LogP contribution is 2.43. The maximum absolute atomic E-state index is 6.34. The van der Waals surface area contributed by atoms with Gasteiger partial charge < -0.3 is 13.9 Å². The van der Waals surface area contributed by atoms with Crippen molar-refractivity contribution >= 4 is 11.0 Å². The molecule has 1 aromatic heterocycles. The van der Waals surface area contributed by atoms with Crippen LogP contribution in [0, 0.1) is 18.8 Å². The van der Waals surface area contributed by atoms with Crippen LogP contribution in [-0.4, -0.2) is 7.11 Å². The molecule has 3 nitrogen and oxygen atoms in total. The van der Waals surface area contributed by atoms with Crippen LogP contribution >= 0.6 is 0 Å². The SMILES string of the molecule is CCCCCC#C[C@H]1C[C@@H](c2cc3cc(OC)ccc3o2)Oc2ccc(C)cc21. The van der Waals surface area contributed by atoms with Crippen molar-refractivity contribution in [2.45, 2.75) is 58.0 Å². The van der Waals surface area contributed by atoms with Gasteiger partial charge in [-0.25, -0.2) is 0 Å². The summed E-state index contributed by atoms with van der Waals surface area (Å²) in [5.41, 5.74) is 3.28. The molecule has 3 aromatic rings. The fourth-order valence-corrected chi connectivity index (χ4v) is 3.89. The number of aryl methyl sites for hydroxylation is 1. The minimum Gasteiger partial charge on any atom is -0.497 e. The second-order valence-electron chi connectivity index (χ2n) is 7.77. The van der Waals surface area contributed by atoms with Crippen LogP contribution in [-0.2, 0) is 0 Å². The van der Waals surface area contributed by atoms with Gasteiger partial charge in [0.15, 0.2) is 6.10 Å². The van der Waals surface area contributed by atoms with E-state index in [1.54, 1.807) is 7.11 Å². The number of unbranched alkanes of at least 4 members (excludes halogenated alkanes) is 3. The fourth-order valence-electron chi connectivity index (χ4n) is 3.89. The molecule has 0 radical (unpaired) electrons. The molecule has 2 atom stereocenters. The highest BCUT2D eigenvalue weighted by atomic mass is 16.5. The highest BCUT2D eigenvalue weighted by molar-refractivity contribution is 5.79. The van der Waals surface area contributed by atoms with E-state index in [1.165, 1.54) is 30.4 Å². The predicted molar refractivity (Wildman–Crippen MR) is 117 cm³/mol. The summed E-state index contributed by atoms with van der Waals surface area (Å²) in [6.07, 6.45) is 5.25. The van der Waals surface area contributed by atoms with E-state index in [4.69, 9.17) is 13.9 Å². The Morgan fingerprint density at radius 2 is 2.00 bits per heavy atom. The summed E-state index contributed by atoms with van der Waals surface area (Å²) in [6, 6.07) is 14.3. The molecule has 2 aromatic carbocycles. The molecule has 1 aliphatic rings. The molecule has 0 unspecified atom stereocenters. The number of hydrogen-bond acceptors (Lipinski definition) is 3. The number of ether oxygens (including phenoxy) is 2. The number of methoxy groups -OCH3 is 1. The molecule has 0 bridgehead atoms. The van der Waals surface area contributed by atoms with E-state index >= 15 is 0 Å². The summed E-state index contributed by atoms with van der Waals surface area (Å²) in [4.78, 5) is 0. The van der Waals surface area contributed by atoms with Crippen molar-refractivity contribution in [1.82, 2.24) is 0 Å². The Morgan fingerprint density at radius 1 is 1.10 bits per heavy atom. The first-order valence-corrected chi connectivity index (χ1v) is 10.5. The van der Waals surface area contributed by atoms with E-state index < -0.39 is 0 Å². The van der Waals surface area contributed by atoms with Crippen molar-refractivity contribution < 1.29 is 13.9 Å². The van der Waals surface area contributed by atoms with Gasteiger partial charge in [0.25, 0.3) is 0 Å². The van der Waals surface area contributed by atoms with Gasteiger partial charge in [0.2, 0.25) is 0 Å². The number of benzene rings is 2. The zero-order valence-corrected chi connectivity index (χ0v) is 17.5. The Labute approximate surface area is 173 Å². The van der Waals surface area contributed by atoms with Crippen LogP contribution in [0.25, 0.3) is 11.0 Å². The lowest BCUT2D eigenvalue weighted by Crippen LogP contribution is -2.18. The first-order chi connectivity index (χ1) is 14.2. The van der Waals surface area contributed by atoms with Crippen molar-refractivity contribution in [3.8, 4) is 23.3 Å². The Bertz CT molecular complexity index is 1050. The van der Waals surface area contributed by atoms with Crippen molar-refractivity contribution in [3.05, 3.63) is 59.4 Å². The van der Waals surface area contributed by atoms with E-state index in [2.05, 4.69) is 50.0 Å². The van der Waals surface area contributed by atoms with Crippen LogP contribution < -0.4 is 9.47 Å². The third-order valence-electron chi connectivity index (χ3n) is 5.50. The number of hydrogen-bond donors (Lipinski definition) is 0. The van der Waals surface area contributed by atoms with Gasteiger partial charge in [-0.3, -0.25) is 0 Å². The molecule has 0 spiro atoms. The summed E-state index contributed by atoms with van der Waals surface area (Å²) in [7, 11) is 1.68. The highest BCUT2D eigenvalue weighted by Gasteiger charge is 2.30. The summed E-state index contributed by atoms with van der Waals surface area (Å²) in [6.45, 7) is 4.34. The normalized spacial score (nSPS) is 17.9. The molecule has 2 heterocycles. The van der Waals surface area contributed by atoms with E-state index in [9.17, 15) is 0 Å². The quantitative estimate of drug-likeness (QED) is 0.350. The van der Waals surface area contributed by atoms with Crippen LogP contribution in [0.15, 0.2) is 46.9 Å². The summed E-state index contributed by atoms with van der Waals surface area (Å²) in [5.74, 6) is 9.68. The van der Waals surface area contributed by atoms with E-state index in [1.807, 2.05) is 18.2 Å². The third kappa shape index (κ3) is 4.27. The van der Waals surface area contributed by atoms with Crippen molar-refractivity contribution in [2.24, 2.45) is 0 Å². The first-order valence-electron chi connectivity index (χ1n) is 10.5. The summed E-state index contributed by atoms with van der Waals surface area (Å²) >= 11 is 0. The molecule has 0 saturated carbocycles. The van der Waals surface area contributed by atoms with Gasteiger partial charge in [0.05, 0.1) is 13.0 Å². The van der Waals surface area contributed by atoms with Gasteiger partial charge >= 0.3 is 0 Å². The molecule has 0 fully saturated rings. The molecule has 0 N–H and O–H groups in total. The molecule has 4 rings (SSSR count). The Balaban J connectivity index is 1.63. The number of rotatable bonds is 5. The van der Waals surface area contributed by atoms with Crippen LogP contribution in [0.2, 0.25) is 0 Å². The van der Waals surface area contributed by atoms with Crippen LogP contribution in [0.3, 0.4) is 0 Å². The van der Waals surface area contributed by atoms with Gasteiger partial charge in [0.1, 0.15) is 22.8 Å². The molecular weight excluding hydrogens is 360 g/mol. The topological polar surface area (TPSA) is 31.6 Å². The van der Waals surface area contributed by atoms with Gasteiger partial charge in [-0.1, -0.05) is 43.4 Å². The minimum atomic E-state index is -0.140. The Morgan fingerprint density at radius 3 is 2.83 bits per heavy atom. The smallest absolute Gasteiger partial charge is 0.158 e. The lowest BCUT2D eigenvalue weighted by Gasteiger charge is -2.29. The molecule has 29 heavy (non-hydrogen) atoms. The molecular formula is C26H28O3. The summed E-state index contributed by atoms with van der Waals surface area (Å²) < 4.78 is 17.8. The Hall–Kier alpha value is -2.86. The lowest BCUT2D eigenvalue weighted by atomic mass is 9.88. The van der Waals surface area contributed by atoms with Crippen molar-refractivity contribution in [1.29, 1.82) is 0 Å². The lowest BCUT2D eigenvalue weighted by molar-refractivity contribution is 0.147. The zero-order chi connectivity index (χ0) is 20.2. The van der Waals surface area contributed by atoms with Crippen molar-refractivity contribution in [3.63, 3.8) is 0 Å². The average Bonchev–Trinajstić information content (AvgIpc) is 3.16.